The molecule has 0 bridgehead atoms. The Morgan fingerprint density at radius 3 is 2.58 bits per heavy atom. The van der Waals surface area contributed by atoms with Gasteiger partial charge in [-0.2, -0.15) is 5.10 Å². The number of hydrogen-bond acceptors (Lipinski definition) is 6. The van der Waals surface area contributed by atoms with Crippen molar-refractivity contribution in [2.75, 3.05) is 38.5 Å². The fourth-order valence-electron chi connectivity index (χ4n) is 4.30. The zero-order valence-corrected chi connectivity index (χ0v) is 20.7. The van der Waals surface area contributed by atoms with Gasteiger partial charge in [-0.1, -0.05) is 29.8 Å². The standard InChI is InChI=1S/C26H27ClN8O/c1-28-26(36)34-13-11-33(12-14-34)18-19-15-20(27)17-21(16-19)31-25-29-9-7-23(32-25)24-8-10-30-35(24)22-5-3-2-4-6-22/h2-10,15-17H,11-14,18H2,1H3,(H,28,36)(H,29,31,32). The average Bonchev–Trinajstić information content (AvgIpc) is 3.39. The first-order valence-electron chi connectivity index (χ1n) is 11.8. The molecule has 184 valence electrons. The third kappa shape index (κ3) is 5.48. The Bertz CT molecular complexity index is 1330. The molecule has 1 aliphatic rings. The first-order chi connectivity index (χ1) is 17.6. The summed E-state index contributed by atoms with van der Waals surface area (Å²) >= 11 is 6.45. The van der Waals surface area contributed by atoms with Crippen LogP contribution in [0.15, 0.2) is 73.1 Å². The van der Waals surface area contributed by atoms with Crippen molar-refractivity contribution < 1.29 is 4.79 Å². The van der Waals surface area contributed by atoms with Crippen molar-refractivity contribution in [3.05, 3.63) is 83.6 Å². The SMILES string of the molecule is CNC(=O)N1CCN(Cc2cc(Cl)cc(Nc3nccc(-c4ccnn4-c4ccccc4)n3)c2)CC1. The molecule has 2 aromatic carbocycles. The molecule has 1 saturated heterocycles. The van der Waals surface area contributed by atoms with Gasteiger partial charge in [0.2, 0.25) is 5.95 Å². The number of hydrogen-bond donors (Lipinski definition) is 2. The third-order valence-corrected chi connectivity index (χ3v) is 6.27. The number of halogens is 1. The van der Waals surface area contributed by atoms with E-state index in [1.54, 1.807) is 19.4 Å². The molecule has 10 heteroatoms. The van der Waals surface area contributed by atoms with Crippen molar-refractivity contribution in [2.24, 2.45) is 0 Å². The Labute approximate surface area is 214 Å². The van der Waals surface area contributed by atoms with Gasteiger partial charge < -0.3 is 15.5 Å². The molecule has 1 fully saturated rings. The number of carbonyl (C=O) groups excluding carboxylic acids is 1. The molecular formula is C26H27ClN8O. The van der Waals surface area contributed by atoms with Crippen molar-refractivity contribution in [1.29, 1.82) is 0 Å². The fraction of sp³-hybridized carbons (Fsp3) is 0.231. The van der Waals surface area contributed by atoms with Crippen LogP contribution < -0.4 is 10.6 Å². The second-order valence-corrected chi connectivity index (χ2v) is 8.96. The maximum atomic E-state index is 11.8. The van der Waals surface area contributed by atoms with E-state index in [1.807, 2.05) is 64.2 Å². The molecule has 0 radical (unpaired) electrons. The number of piperazine rings is 1. The van der Waals surface area contributed by atoms with Gasteiger partial charge in [-0.25, -0.2) is 19.4 Å². The Morgan fingerprint density at radius 1 is 1.00 bits per heavy atom. The first kappa shape index (κ1) is 23.8. The van der Waals surface area contributed by atoms with Crippen LogP contribution in [0.25, 0.3) is 17.1 Å². The van der Waals surface area contributed by atoms with Gasteiger partial charge in [0.25, 0.3) is 0 Å². The van der Waals surface area contributed by atoms with Gasteiger partial charge in [0.05, 0.1) is 23.3 Å². The van der Waals surface area contributed by atoms with Gasteiger partial charge in [-0.15, -0.1) is 0 Å². The molecule has 2 N–H and O–H groups in total. The fourth-order valence-corrected chi connectivity index (χ4v) is 4.56. The summed E-state index contributed by atoms with van der Waals surface area (Å²) in [6.07, 6.45) is 3.49. The zero-order chi connectivity index (χ0) is 24.9. The number of nitrogens with zero attached hydrogens (tertiary/aromatic N) is 6. The lowest BCUT2D eigenvalue weighted by atomic mass is 10.1. The van der Waals surface area contributed by atoms with Crippen molar-refractivity contribution in [2.45, 2.75) is 6.54 Å². The van der Waals surface area contributed by atoms with Crippen LogP contribution >= 0.6 is 11.6 Å². The van der Waals surface area contributed by atoms with Crippen LogP contribution in [0.1, 0.15) is 5.56 Å². The number of rotatable bonds is 6. The molecule has 3 heterocycles. The number of para-hydroxylation sites is 1. The Morgan fingerprint density at radius 2 is 1.81 bits per heavy atom. The molecule has 0 unspecified atom stereocenters. The zero-order valence-electron chi connectivity index (χ0n) is 19.9. The van der Waals surface area contributed by atoms with Crippen LogP contribution in [-0.4, -0.2) is 68.8 Å². The Hall–Kier alpha value is -3.95. The van der Waals surface area contributed by atoms with Crippen LogP contribution in [0.4, 0.5) is 16.4 Å². The monoisotopic (exact) mass is 502 g/mol. The van der Waals surface area contributed by atoms with Crippen LogP contribution in [0.3, 0.4) is 0 Å². The predicted molar refractivity (Wildman–Crippen MR) is 141 cm³/mol. The van der Waals surface area contributed by atoms with Crippen LogP contribution in [0, 0.1) is 0 Å². The molecule has 1 aliphatic heterocycles. The molecule has 2 aromatic heterocycles. The summed E-state index contributed by atoms with van der Waals surface area (Å²) in [5, 5.41) is 11.1. The highest BCUT2D eigenvalue weighted by Crippen LogP contribution is 2.25. The summed E-state index contributed by atoms with van der Waals surface area (Å²) < 4.78 is 1.85. The number of carbonyl (C=O) groups is 1. The van der Waals surface area contributed by atoms with Crippen LogP contribution in [-0.2, 0) is 6.54 Å². The number of benzene rings is 2. The van der Waals surface area contributed by atoms with Gasteiger partial charge in [0.15, 0.2) is 0 Å². The summed E-state index contributed by atoms with van der Waals surface area (Å²) in [5.41, 5.74) is 4.48. The van der Waals surface area contributed by atoms with Gasteiger partial charge in [-0.05, 0) is 48.0 Å². The van der Waals surface area contributed by atoms with Crippen LogP contribution in [0.5, 0.6) is 0 Å². The Kier molecular flexibility index (Phi) is 7.11. The summed E-state index contributed by atoms with van der Waals surface area (Å²) in [4.78, 5) is 25.1. The molecule has 9 nitrogen and oxygen atoms in total. The lowest BCUT2D eigenvalue weighted by molar-refractivity contribution is 0.136. The van der Waals surface area contributed by atoms with E-state index in [2.05, 4.69) is 31.7 Å². The molecule has 0 aliphatic carbocycles. The smallest absolute Gasteiger partial charge is 0.317 e. The molecule has 2 amide bonds. The number of urea groups is 1. The van der Waals surface area contributed by atoms with Gasteiger partial charge in [-0.3, -0.25) is 4.90 Å². The normalized spacial score (nSPS) is 14.0. The number of nitrogens with one attached hydrogen (secondary N) is 2. The lowest BCUT2D eigenvalue weighted by Gasteiger charge is -2.34. The second kappa shape index (κ2) is 10.8. The van der Waals surface area contributed by atoms with E-state index in [0.717, 1.165) is 48.0 Å². The summed E-state index contributed by atoms with van der Waals surface area (Å²) in [5.74, 6) is 0.473. The Balaban J connectivity index is 1.30. The predicted octanol–water partition coefficient (Wildman–Crippen LogP) is 4.18. The molecule has 0 spiro atoms. The van der Waals surface area contributed by atoms with Gasteiger partial charge in [0.1, 0.15) is 0 Å². The molecule has 0 atom stereocenters. The molecular weight excluding hydrogens is 476 g/mol. The van der Waals surface area contributed by atoms with E-state index in [9.17, 15) is 4.79 Å². The highest BCUT2D eigenvalue weighted by Gasteiger charge is 2.20. The molecule has 0 saturated carbocycles. The maximum absolute atomic E-state index is 11.8. The van der Waals surface area contributed by atoms with E-state index in [4.69, 9.17) is 16.6 Å². The van der Waals surface area contributed by atoms with Crippen molar-refractivity contribution >= 4 is 29.3 Å². The van der Waals surface area contributed by atoms with E-state index < -0.39 is 0 Å². The van der Waals surface area contributed by atoms with E-state index in [-0.39, 0.29) is 6.03 Å². The molecule has 4 aromatic rings. The number of aromatic nitrogens is 4. The minimum Gasteiger partial charge on any atom is -0.341 e. The minimum absolute atomic E-state index is 0.0297. The van der Waals surface area contributed by atoms with Crippen molar-refractivity contribution in [3.8, 4) is 17.1 Å². The second-order valence-electron chi connectivity index (χ2n) is 8.52. The van der Waals surface area contributed by atoms with Gasteiger partial charge >= 0.3 is 6.03 Å². The largest absolute Gasteiger partial charge is 0.341 e. The topological polar surface area (TPSA) is 91.2 Å². The van der Waals surface area contributed by atoms with Crippen molar-refractivity contribution in [1.82, 2.24) is 34.9 Å². The van der Waals surface area contributed by atoms with Crippen LogP contribution in [0.2, 0.25) is 5.02 Å². The molecule has 5 rings (SSSR count). The quantitative estimate of drug-likeness (QED) is 0.411. The van der Waals surface area contributed by atoms with Crippen molar-refractivity contribution in [3.63, 3.8) is 0 Å². The highest BCUT2D eigenvalue weighted by molar-refractivity contribution is 6.31. The summed E-state index contributed by atoms with van der Waals surface area (Å²) in [6, 6.07) is 19.6. The summed E-state index contributed by atoms with van der Waals surface area (Å²) in [7, 11) is 1.66. The van der Waals surface area contributed by atoms with E-state index in [1.165, 1.54) is 0 Å². The minimum atomic E-state index is -0.0297. The average molecular weight is 503 g/mol. The van der Waals surface area contributed by atoms with E-state index >= 15 is 0 Å². The maximum Gasteiger partial charge on any atom is 0.317 e. The highest BCUT2D eigenvalue weighted by atomic mass is 35.5. The number of amides is 2. The third-order valence-electron chi connectivity index (χ3n) is 6.05. The summed E-state index contributed by atoms with van der Waals surface area (Å²) in [6.45, 7) is 3.76. The molecule has 36 heavy (non-hydrogen) atoms. The lowest BCUT2D eigenvalue weighted by Crippen LogP contribution is -2.50. The van der Waals surface area contributed by atoms with E-state index in [0.29, 0.717) is 24.1 Å². The van der Waals surface area contributed by atoms with Gasteiger partial charge in [0, 0.05) is 56.7 Å². The first-order valence-corrected chi connectivity index (χ1v) is 12.2. The number of anilines is 2.